The lowest BCUT2D eigenvalue weighted by Gasteiger charge is -2.37. The van der Waals surface area contributed by atoms with Gasteiger partial charge in [-0.05, 0) is 45.1 Å². The van der Waals surface area contributed by atoms with Crippen LogP contribution in [-0.2, 0) is 4.79 Å². The first-order valence-corrected chi connectivity index (χ1v) is 5.55. The van der Waals surface area contributed by atoms with Crippen LogP contribution in [0.4, 0.5) is 0 Å². The van der Waals surface area contributed by atoms with Crippen LogP contribution < -0.4 is 0 Å². The third-order valence-corrected chi connectivity index (χ3v) is 4.84. The maximum Gasteiger partial charge on any atom is 0.159 e. The molecule has 2 nitrogen and oxygen atoms in total. The van der Waals surface area contributed by atoms with Crippen LogP contribution in [0.3, 0.4) is 0 Å². The van der Waals surface area contributed by atoms with Gasteiger partial charge in [0.1, 0.15) is 0 Å². The molecule has 3 aliphatic rings. The van der Waals surface area contributed by atoms with Gasteiger partial charge in [0.05, 0.1) is 5.60 Å². The van der Waals surface area contributed by atoms with Gasteiger partial charge in [0.2, 0.25) is 0 Å². The molecule has 0 unspecified atom stereocenters. The summed E-state index contributed by atoms with van der Waals surface area (Å²) in [4.78, 5) is 11.8. The summed E-state index contributed by atoms with van der Waals surface area (Å²) in [6, 6.07) is 0. The highest BCUT2D eigenvalue weighted by Gasteiger charge is 2.66. The molecule has 1 N–H and O–H groups in total. The van der Waals surface area contributed by atoms with E-state index in [1.54, 1.807) is 6.08 Å². The number of rotatable bonds is 0. The molecule has 0 aromatic heterocycles. The predicted octanol–water partition coefficient (Wildman–Crippen LogP) is 1.83. The largest absolute Gasteiger partial charge is 0.389 e. The molecule has 0 aromatic carbocycles. The van der Waals surface area contributed by atoms with E-state index in [1.165, 1.54) is 0 Å². The van der Waals surface area contributed by atoms with Gasteiger partial charge in [-0.25, -0.2) is 0 Å². The van der Waals surface area contributed by atoms with Crippen molar-refractivity contribution in [2.75, 3.05) is 0 Å². The van der Waals surface area contributed by atoms with Crippen LogP contribution in [0.1, 0.15) is 39.0 Å². The molecule has 0 aliphatic heterocycles. The summed E-state index contributed by atoms with van der Waals surface area (Å²) < 4.78 is 0. The van der Waals surface area contributed by atoms with E-state index in [0.29, 0.717) is 0 Å². The van der Waals surface area contributed by atoms with Gasteiger partial charge in [0, 0.05) is 11.3 Å². The number of aliphatic hydroxyl groups is 1. The van der Waals surface area contributed by atoms with Crippen molar-refractivity contribution in [3.05, 3.63) is 11.6 Å². The zero-order valence-electron chi connectivity index (χ0n) is 8.55. The van der Waals surface area contributed by atoms with Crippen LogP contribution in [0, 0.1) is 11.3 Å². The second-order valence-electron chi connectivity index (χ2n) is 5.18. The molecule has 1 spiro atoms. The smallest absolute Gasteiger partial charge is 0.159 e. The van der Waals surface area contributed by atoms with Crippen LogP contribution in [-0.4, -0.2) is 16.5 Å². The zero-order valence-corrected chi connectivity index (χ0v) is 8.55. The van der Waals surface area contributed by atoms with Gasteiger partial charge in [-0.2, -0.15) is 0 Å². The summed E-state index contributed by atoms with van der Waals surface area (Å²) in [6.07, 6.45) is 6.48. The lowest BCUT2D eigenvalue weighted by atomic mass is 9.69. The van der Waals surface area contributed by atoms with Crippen molar-refractivity contribution in [1.29, 1.82) is 0 Å². The quantitative estimate of drug-likeness (QED) is 0.635. The molecule has 3 aliphatic carbocycles. The summed E-state index contributed by atoms with van der Waals surface area (Å²) in [5, 5.41) is 10.6. The average Bonchev–Trinajstić information content (AvgIpc) is 2.63. The monoisotopic (exact) mass is 192 g/mol. The molecule has 76 valence electrons. The fourth-order valence-corrected chi connectivity index (χ4v) is 4.26. The van der Waals surface area contributed by atoms with Crippen molar-refractivity contribution in [3.8, 4) is 0 Å². The molecular weight excluding hydrogens is 176 g/mol. The number of ketones is 1. The Bertz CT molecular complexity index is 344. The molecule has 3 atom stereocenters. The first kappa shape index (κ1) is 8.66. The second-order valence-corrected chi connectivity index (χ2v) is 5.18. The van der Waals surface area contributed by atoms with Crippen molar-refractivity contribution in [2.45, 2.75) is 44.6 Å². The molecule has 3 rings (SSSR count). The molecule has 0 aromatic rings. The minimum atomic E-state index is -0.551. The standard InChI is InChI=1S/C12H16O2/c1-8-7-10(13)9-3-6-11(14)4-2-5-12(8,9)11/h7,9,14H,2-6H2,1H3/t9-,11-,12+/m1/s1. The van der Waals surface area contributed by atoms with Crippen LogP contribution in [0.25, 0.3) is 0 Å². The van der Waals surface area contributed by atoms with Crippen LogP contribution in [0.2, 0.25) is 0 Å². The Balaban J connectivity index is 2.18. The molecule has 14 heavy (non-hydrogen) atoms. The van der Waals surface area contributed by atoms with Crippen molar-refractivity contribution in [1.82, 2.24) is 0 Å². The van der Waals surface area contributed by atoms with E-state index in [0.717, 1.165) is 37.7 Å². The Morgan fingerprint density at radius 1 is 1.43 bits per heavy atom. The van der Waals surface area contributed by atoms with Crippen molar-refractivity contribution in [3.63, 3.8) is 0 Å². The Hall–Kier alpha value is -0.630. The van der Waals surface area contributed by atoms with Crippen LogP contribution in [0.5, 0.6) is 0 Å². The molecule has 2 saturated carbocycles. The van der Waals surface area contributed by atoms with Gasteiger partial charge in [-0.1, -0.05) is 5.57 Å². The summed E-state index contributed by atoms with van der Waals surface area (Å²) >= 11 is 0. The second kappa shape index (κ2) is 2.30. The SMILES string of the molecule is CC1=CC(=O)[C@H]2CC[C@]3(O)CCC[C@]123. The third kappa shape index (κ3) is 0.681. The van der Waals surface area contributed by atoms with Crippen molar-refractivity contribution >= 4 is 5.78 Å². The Kier molecular flexibility index (Phi) is 1.42. The van der Waals surface area contributed by atoms with Gasteiger partial charge in [-0.3, -0.25) is 4.79 Å². The molecule has 2 fully saturated rings. The molecule has 0 saturated heterocycles. The van der Waals surface area contributed by atoms with E-state index in [4.69, 9.17) is 0 Å². The molecule has 0 heterocycles. The minimum Gasteiger partial charge on any atom is -0.389 e. The van der Waals surface area contributed by atoms with E-state index >= 15 is 0 Å². The summed E-state index contributed by atoms with van der Waals surface area (Å²) in [5.41, 5.74) is 0.444. The van der Waals surface area contributed by atoms with E-state index in [-0.39, 0.29) is 17.1 Å². The number of hydrogen-bond acceptors (Lipinski definition) is 2. The lowest BCUT2D eigenvalue weighted by molar-refractivity contribution is -0.121. The van der Waals surface area contributed by atoms with E-state index in [1.807, 2.05) is 6.92 Å². The molecular formula is C12H16O2. The number of allylic oxidation sites excluding steroid dienone is 1. The van der Waals surface area contributed by atoms with Crippen molar-refractivity contribution in [2.24, 2.45) is 11.3 Å². The summed E-state index contributed by atoms with van der Waals surface area (Å²) in [5.74, 6) is 0.371. The maximum absolute atomic E-state index is 11.8. The third-order valence-electron chi connectivity index (χ3n) is 4.84. The van der Waals surface area contributed by atoms with Gasteiger partial charge < -0.3 is 5.11 Å². The number of carbonyl (C=O) groups is 1. The molecule has 0 radical (unpaired) electrons. The fourth-order valence-electron chi connectivity index (χ4n) is 4.26. The maximum atomic E-state index is 11.8. The van der Waals surface area contributed by atoms with Gasteiger partial charge in [-0.15, -0.1) is 0 Å². The Morgan fingerprint density at radius 2 is 2.21 bits per heavy atom. The fraction of sp³-hybridized carbons (Fsp3) is 0.750. The first-order chi connectivity index (χ1) is 6.60. The topological polar surface area (TPSA) is 37.3 Å². The molecule has 0 bridgehead atoms. The number of hydrogen-bond donors (Lipinski definition) is 1. The Morgan fingerprint density at radius 3 is 3.00 bits per heavy atom. The van der Waals surface area contributed by atoms with E-state index in [2.05, 4.69) is 0 Å². The highest BCUT2D eigenvalue weighted by atomic mass is 16.3. The van der Waals surface area contributed by atoms with Crippen molar-refractivity contribution < 1.29 is 9.90 Å². The predicted molar refractivity (Wildman–Crippen MR) is 52.7 cm³/mol. The number of carbonyl (C=O) groups excluding carboxylic acids is 1. The molecule has 0 amide bonds. The zero-order chi connectivity index (χ0) is 9.97. The lowest BCUT2D eigenvalue weighted by Crippen LogP contribution is -2.42. The van der Waals surface area contributed by atoms with Crippen LogP contribution >= 0.6 is 0 Å². The minimum absolute atomic E-state index is 0.106. The van der Waals surface area contributed by atoms with Gasteiger partial charge in [0.25, 0.3) is 0 Å². The first-order valence-electron chi connectivity index (χ1n) is 5.55. The highest BCUT2D eigenvalue weighted by molar-refractivity contribution is 5.97. The average molecular weight is 192 g/mol. The Labute approximate surface area is 84.0 Å². The summed E-state index contributed by atoms with van der Waals surface area (Å²) in [7, 11) is 0. The highest BCUT2D eigenvalue weighted by Crippen LogP contribution is 2.65. The summed E-state index contributed by atoms with van der Waals surface area (Å²) in [6.45, 7) is 2.03. The van der Waals surface area contributed by atoms with E-state index in [9.17, 15) is 9.90 Å². The normalized spacial score (nSPS) is 50.6. The molecule has 2 heteroatoms. The van der Waals surface area contributed by atoms with Gasteiger partial charge in [0.15, 0.2) is 5.78 Å². The van der Waals surface area contributed by atoms with E-state index < -0.39 is 5.60 Å². The van der Waals surface area contributed by atoms with Gasteiger partial charge >= 0.3 is 0 Å². The van der Waals surface area contributed by atoms with Crippen LogP contribution in [0.15, 0.2) is 11.6 Å².